The number of aromatic nitrogens is 1. The summed E-state index contributed by atoms with van der Waals surface area (Å²) in [5, 5.41) is 0. The number of piperidine rings is 1. The van der Waals surface area contributed by atoms with E-state index in [1.165, 1.54) is 24.1 Å². The smallest absolute Gasteiger partial charge is 0.123 e. The minimum atomic E-state index is -0.173. The Labute approximate surface area is 154 Å². The second kappa shape index (κ2) is 7.72. The largest absolute Gasteiger partial charge is 0.379 e. The first kappa shape index (κ1) is 17.4. The molecular weight excluding hydrogens is 329 g/mol. The summed E-state index contributed by atoms with van der Waals surface area (Å²) in [4.78, 5) is 9.19. The maximum absolute atomic E-state index is 13.2. The van der Waals surface area contributed by atoms with Crippen LogP contribution in [0.2, 0.25) is 0 Å². The molecule has 4 nitrogen and oxygen atoms in total. The number of pyridine rings is 1. The molecule has 2 aromatic rings. The van der Waals surface area contributed by atoms with Crippen LogP contribution in [0.1, 0.15) is 18.4 Å². The van der Waals surface area contributed by atoms with Crippen molar-refractivity contribution in [2.24, 2.45) is 5.41 Å². The van der Waals surface area contributed by atoms with Crippen LogP contribution in [0.4, 0.5) is 10.1 Å². The van der Waals surface area contributed by atoms with Crippen LogP contribution in [0, 0.1) is 11.2 Å². The molecule has 0 aliphatic carbocycles. The van der Waals surface area contributed by atoms with E-state index in [0.717, 1.165) is 45.9 Å². The van der Waals surface area contributed by atoms with Gasteiger partial charge in [-0.05, 0) is 49.2 Å². The summed E-state index contributed by atoms with van der Waals surface area (Å²) in [6.07, 6.45) is 6.12. The SMILES string of the molecule is Fc1ccc(CN2CCCC3(COCCN(c4cccnc4)C3)C2)cc1. The first-order chi connectivity index (χ1) is 12.7. The van der Waals surface area contributed by atoms with Crippen LogP contribution in [-0.2, 0) is 11.3 Å². The molecular formula is C21H26FN3O. The second-order valence-electron chi connectivity index (χ2n) is 7.63. The molecule has 2 fully saturated rings. The Morgan fingerprint density at radius 2 is 2.00 bits per heavy atom. The predicted molar refractivity (Wildman–Crippen MR) is 101 cm³/mol. The van der Waals surface area contributed by atoms with Crippen LogP contribution in [0.3, 0.4) is 0 Å². The molecule has 2 aliphatic rings. The van der Waals surface area contributed by atoms with E-state index in [1.807, 2.05) is 30.6 Å². The first-order valence-corrected chi connectivity index (χ1v) is 9.42. The highest BCUT2D eigenvalue weighted by molar-refractivity contribution is 5.44. The minimum Gasteiger partial charge on any atom is -0.379 e. The number of likely N-dealkylation sites (tertiary alicyclic amines) is 1. The molecule has 138 valence electrons. The van der Waals surface area contributed by atoms with Crippen molar-refractivity contribution >= 4 is 5.69 Å². The van der Waals surface area contributed by atoms with Crippen molar-refractivity contribution in [1.82, 2.24) is 9.88 Å². The third-order valence-electron chi connectivity index (χ3n) is 5.51. The molecule has 3 heterocycles. The molecule has 1 spiro atoms. The lowest BCUT2D eigenvalue weighted by Gasteiger charge is -2.44. The first-order valence-electron chi connectivity index (χ1n) is 9.42. The van der Waals surface area contributed by atoms with Crippen LogP contribution in [0.25, 0.3) is 0 Å². The maximum atomic E-state index is 13.2. The molecule has 5 heteroatoms. The van der Waals surface area contributed by atoms with Gasteiger partial charge < -0.3 is 9.64 Å². The highest BCUT2D eigenvalue weighted by atomic mass is 19.1. The number of hydrogen-bond donors (Lipinski definition) is 0. The zero-order valence-electron chi connectivity index (χ0n) is 15.1. The van der Waals surface area contributed by atoms with E-state index in [-0.39, 0.29) is 11.2 Å². The summed E-state index contributed by atoms with van der Waals surface area (Å²) in [5.74, 6) is -0.173. The molecule has 26 heavy (non-hydrogen) atoms. The Hall–Kier alpha value is -1.98. The fourth-order valence-electron chi connectivity index (χ4n) is 4.29. The zero-order chi connectivity index (χ0) is 17.8. The molecule has 0 bridgehead atoms. The van der Waals surface area contributed by atoms with E-state index in [4.69, 9.17) is 4.74 Å². The molecule has 0 amide bonds. The van der Waals surface area contributed by atoms with E-state index in [2.05, 4.69) is 20.9 Å². The third kappa shape index (κ3) is 4.05. The summed E-state index contributed by atoms with van der Waals surface area (Å²) in [7, 11) is 0. The van der Waals surface area contributed by atoms with Crippen molar-refractivity contribution in [2.75, 3.05) is 44.3 Å². The topological polar surface area (TPSA) is 28.6 Å². The van der Waals surface area contributed by atoms with E-state index in [9.17, 15) is 4.39 Å². The van der Waals surface area contributed by atoms with Crippen LogP contribution < -0.4 is 4.90 Å². The number of ether oxygens (including phenoxy) is 1. The molecule has 2 saturated heterocycles. The summed E-state index contributed by atoms with van der Waals surface area (Å²) >= 11 is 0. The van der Waals surface area contributed by atoms with Gasteiger partial charge in [0, 0.05) is 37.8 Å². The Morgan fingerprint density at radius 1 is 1.12 bits per heavy atom. The monoisotopic (exact) mass is 355 g/mol. The molecule has 0 saturated carbocycles. The number of rotatable bonds is 3. The van der Waals surface area contributed by atoms with E-state index >= 15 is 0 Å². The van der Waals surface area contributed by atoms with Gasteiger partial charge >= 0.3 is 0 Å². The van der Waals surface area contributed by atoms with Gasteiger partial charge in [-0.25, -0.2) is 4.39 Å². The molecule has 0 radical (unpaired) electrons. The predicted octanol–water partition coefficient (Wildman–Crippen LogP) is 3.34. The van der Waals surface area contributed by atoms with Gasteiger partial charge in [0.05, 0.1) is 25.1 Å². The highest BCUT2D eigenvalue weighted by Gasteiger charge is 2.39. The highest BCUT2D eigenvalue weighted by Crippen LogP contribution is 2.35. The number of nitrogens with zero attached hydrogens (tertiary/aromatic N) is 3. The number of anilines is 1. The van der Waals surface area contributed by atoms with Crippen molar-refractivity contribution in [3.8, 4) is 0 Å². The average Bonchev–Trinajstić information content (AvgIpc) is 2.87. The molecule has 1 atom stereocenters. The number of benzene rings is 1. The van der Waals surface area contributed by atoms with Crippen LogP contribution in [-0.4, -0.2) is 49.3 Å². The van der Waals surface area contributed by atoms with Crippen molar-refractivity contribution in [3.05, 3.63) is 60.2 Å². The molecule has 1 unspecified atom stereocenters. The molecule has 4 rings (SSSR count). The standard InChI is InChI=1S/C21H26FN3O/c22-19-6-4-18(5-7-19)14-24-10-2-8-21(15-24)16-25(11-12-26-17-21)20-3-1-9-23-13-20/h1,3-7,9,13H,2,8,10-12,14-17H2. The van der Waals surface area contributed by atoms with Gasteiger partial charge in [-0.2, -0.15) is 0 Å². The molecule has 0 N–H and O–H groups in total. The Bertz CT molecular complexity index is 709. The Morgan fingerprint density at radius 3 is 2.81 bits per heavy atom. The maximum Gasteiger partial charge on any atom is 0.123 e. The van der Waals surface area contributed by atoms with Gasteiger partial charge in [0.25, 0.3) is 0 Å². The van der Waals surface area contributed by atoms with Crippen molar-refractivity contribution in [1.29, 1.82) is 0 Å². The molecule has 1 aromatic heterocycles. The van der Waals surface area contributed by atoms with Crippen LogP contribution in [0.15, 0.2) is 48.8 Å². The van der Waals surface area contributed by atoms with Crippen molar-refractivity contribution in [3.63, 3.8) is 0 Å². The second-order valence-corrected chi connectivity index (χ2v) is 7.63. The van der Waals surface area contributed by atoms with Gasteiger partial charge in [0.2, 0.25) is 0 Å². The normalized spacial score (nSPS) is 24.6. The lowest BCUT2D eigenvalue weighted by atomic mass is 9.80. The fraction of sp³-hybridized carbons (Fsp3) is 0.476. The van der Waals surface area contributed by atoms with Gasteiger partial charge in [-0.15, -0.1) is 0 Å². The summed E-state index contributed by atoms with van der Waals surface area (Å²) in [5.41, 5.74) is 2.49. The summed E-state index contributed by atoms with van der Waals surface area (Å²) in [6.45, 7) is 6.45. The minimum absolute atomic E-state index is 0.143. The molecule has 1 aromatic carbocycles. The van der Waals surface area contributed by atoms with Gasteiger partial charge in [0.1, 0.15) is 5.82 Å². The van der Waals surface area contributed by atoms with Crippen molar-refractivity contribution in [2.45, 2.75) is 19.4 Å². The van der Waals surface area contributed by atoms with E-state index in [1.54, 1.807) is 12.1 Å². The summed E-state index contributed by atoms with van der Waals surface area (Å²) < 4.78 is 19.2. The Balaban J connectivity index is 1.48. The van der Waals surface area contributed by atoms with Gasteiger partial charge in [-0.1, -0.05) is 12.1 Å². The fourth-order valence-corrected chi connectivity index (χ4v) is 4.29. The number of halogens is 1. The lowest BCUT2D eigenvalue weighted by molar-refractivity contribution is 0.0106. The van der Waals surface area contributed by atoms with Crippen LogP contribution in [0.5, 0.6) is 0 Å². The number of hydrogen-bond acceptors (Lipinski definition) is 4. The zero-order valence-corrected chi connectivity index (χ0v) is 15.1. The van der Waals surface area contributed by atoms with E-state index in [0.29, 0.717) is 0 Å². The third-order valence-corrected chi connectivity index (χ3v) is 5.51. The Kier molecular flexibility index (Phi) is 5.18. The lowest BCUT2D eigenvalue weighted by Crippen LogP contribution is -2.50. The van der Waals surface area contributed by atoms with Gasteiger partial charge in [-0.3, -0.25) is 9.88 Å². The molecule has 2 aliphatic heterocycles. The van der Waals surface area contributed by atoms with Crippen LogP contribution >= 0.6 is 0 Å². The summed E-state index contributed by atoms with van der Waals surface area (Å²) in [6, 6.07) is 11.0. The van der Waals surface area contributed by atoms with Gasteiger partial charge in [0.15, 0.2) is 0 Å². The quantitative estimate of drug-likeness (QED) is 0.844. The van der Waals surface area contributed by atoms with Crippen molar-refractivity contribution < 1.29 is 9.13 Å². The van der Waals surface area contributed by atoms with E-state index < -0.39 is 0 Å². The average molecular weight is 355 g/mol.